The van der Waals surface area contributed by atoms with E-state index in [1.54, 1.807) is 6.20 Å². The third kappa shape index (κ3) is 2.23. The molecule has 0 aliphatic carbocycles. The normalized spacial score (nSPS) is 10.3. The van der Waals surface area contributed by atoms with Crippen LogP contribution in [-0.2, 0) is 0 Å². The van der Waals surface area contributed by atoms with Crippen LogP contribution in [0.5, 0.6) is 0 Å². The Morgan fingerprint density at radius 2 is 2.23 bits per heavy atom. The zero-order valence-corrected chi connectivity index (χ0v) is 10.8. The fourth-order valence-corrected chi connectivity index (χ4v) is 2.44. The molecule has 66 valence electrons. The van der Waals surface area contributed by atoms with Crippen LogP contribution < -0.4 is 0 Å². The van der Waals surface area contributed by atoms with Crippen molar-refractivity contribution in [1.82, 2.24) is 15.2 Å². The summed E-state index contributed by atoms with van der Waals surface area (Å²) in [6, 6.07) is 3.81. The van der Waals surface area contributed by atoms with Crippen molar-refractivity contribution in [2.45, 2.75) is 0 Å². The predicted molar refractivity (Wildman–Crippen MR) is 63.6 cm³/mol. The van der Waals surface area contributed by atoms with E-state index in [4.69, 9.17) is 0 Å². The molecule has 0 amide bonds. The summed E-state index contributed by atoms with van der Waals surface area (Å²) < 4.78 is 1.93. The van der Waals surface area contributed by atoms with Gasteiger partial charge >= 0.3 is 0 Å². The summed E-state index contributed by atoms with van der Waals surface area (Å²) in [5.74, 6) is 0. The third-order valence-electron chi connectivity index (χ3n) is 1.34. The number of hydrogen-bond acceptors (Lipinski definition) is 4. The van der Waals surface area contributed by atoms with Crippen molar-refractivity contribution in [3.8, 4) is 10.7 Å². The first-order valence-electron chi connectivity index (χ1n) is 3.36. The van der Waals surface area contributed by atoms with Crippen molar-refractivity contribution in [2.75, 3.05) is 0 Å². The van der Waals surface area contributed by atoms with Crippen LogP contribution in [0.4, 0.5) is 0 Å². The molecule has 0 aliphatic rings. The van der Waals surface area contributed by atoms with E-state index >= 15 is 0 Å². The van der Waals surface area contributed by atoms with E-state index in [9.17, 15) is 0 Å². The second-order valence-electron chi connectivity index (χ2n) is 2.22. The van der Waals surface area contributed by atoms with E-state index in [1.165, 1.54) is 11.3 Å². The molecule has 0 unspecified atom stereocenters. The van der Waals surface area contributed by atoms with Gasteiger partial charge in [0.2, 0.25) is 0 Å². The van der Waals surface area contributed by atoms with Crippen LogP contribution in [0.15, 0.2) is 22.8 Å². The van der Waals surface area contributed by atoms with Crippen molar-refractivity contribution in [3.63, 3.8) is 0 Å². The van der Waals surface area contributed by atoms with E-state index in [0.29, 0.717) is 0 Å². The van der Waals surface area contributed by atoms with Gasteiger partial charge in [-0.15, -0.1) is 10.2 Å². The lowest BCUT2D eigenvalue weighted by Gasteiger charge is -1.93. The van der Waals surface area contributed by atoms with Gasteiger partial charge in [0.1, 0.15) is 5.69 Å². The van der Waals surface area contributed by atoms with Gasteiger partial charge in [0.25, 0.3) is 0 Å². The summed E-state index contributed by atoms with van der Waals surface area (Å²) in [5.41, 5.74) is 0.856. The van der Waals surface area contributed by atoms with Crippen molar-refractivity contribution in [3.05, 3.63) is 25.8 Å². The van der Waals surface area contributed by atoms with Gasteiger partial charge in [-0.1, -0.05) is 27.3 Å². The highest BCUT2D eigenvalue weighted by Gasteiger charge is 2.05. The minimum atomic E-state index is 0.853. The van der Waals surface area contributed by atoms with Gasteiger partial charge < -0.3 is 0 Å². The van der Waals surface area contributed by atoms with Crippen molar-refractivity contribution in [2.24, 2.45) is 0 Å². The number of pyridine rings is 1. The number of rotatable bonds is 1. The van der Waals surface area contributed by atoms with E-state index in [-0.39, 0.29) is 0 Å². The Morgan fingerprint density at radius 3 is 2.85 bits per heavy atom. The van der Waals surface area contributed by atoms with Crippen LogP contribution in [-0.4, -0.2) is 15.2 Å². The molecule has 2 aromatic heterocycles. The summed E-state index contributed by atoms with van der Waals surface area (Å²) in [5, 5.41) is 8.78. The molecular weight excluding hydrogens is 365 g/mol. The smallest absolute Gasteiger partial charge is 0.178 e. The monoisotopic (exact) mass is 367 g/mol. The van der Waals surface area contributed by atoms with E-state index in [1.807, 2.05) is 12.1 Å². The first-order valence-corrected chi connectivity index (χ1v) is 6.05. The summed E-state index contributed by atoms with van der Waals surface area (Å²) in [7, 11) is 0. The zero-order chi connectivity index (χ0) is 9.26. The van der Waals surface area contributed by atoms with Crippen molar-refractivity contribution in [1.29, 1.82) is 0 Å². The van der Waals surface area contributed by atoms with Crippen LogP contribution in [0.3, 0.4) is 0 Å². The van der Waals surface area contributed by atoms with E-state index in [2.05, 4.69) is 53.7 Å². The Labute approximate surface area is 101 Å². The fraction of sp³-hybridized carbons (Fsp3) is 0. The molecule has 0 fully saturated rings. The maximum atomic E-state index is 4.20. The van der Waals surface area contributed by atoms with Crippen molar-refractivity contribution >= 4 is 49.9 Å². The van der Waals surface area contributed by atoms with Crippen LogP contribution in [0, 0.1) is 3.01 Å². The first-order chi connectivity index (χ1) is 6.25. The van der Waals surface area contributed by atoms with E-state index < -0.39 is 0 Å². The Morgan fingerprint density at radius 1 is 1.38 bits per heavy atom. The number of nitrogens with zero attached hydrogens (tertiary/aromatic N) is 3. The molecule has 2 aromatic rings. The molecule has 0 radical (unpaired) electrons. The first kappa shape index (κ1) is 9.47. The average molecular weight is 368 g/mol. The topological polar surface area (TPSA) is 38.7 Å². The summed E-state index contributed by atoms with van der Waals surface area (Å²) in [6.45, 7) is 0. The molecule has 0 saturated heterocycles. The molecule has 3 nitrogen and oxygen atoms in total. The fourth-order valence-electron chi connectivity index (χ4n) is 0.831. The molecule has 0 atom stereocenters. The standard InChI is InChI=1S/C7H3BrIN3S/c8-4-1-2-10-5(3-4)6-11-12-7(9)13-6/h1-3H. The SMILES string of the molecule is Brc1ccnc(-c2nnc(I)s2)c1. The van der Waals surface area contributed by atoms with Gasteiger partial charge in [0.15, 0.2) is 8.02 Å². The maximum absolute atomic E-state index is 4.20. The Kier molecular flexibility index (Phi) is 2.89. The van der Waals surface area contributed by atoms with Crippen molar-refractivity contribution < 1.29 is 0 Å². The minimum Gasteiger partial charge on any atom is -0.254 e. The molecule has 2 heterocycles. The maximum Gasteiger partial charge on any atom is 0.178 e. The Hall–Kier alpha value is -0.0800. The Bertz CT molecular complexity index is 431. The van der Waals surface area contributed by atoms with Gasteiger partial charge in [-0.05, 0) is 34.7 Å². The predicted octanol–water partition coefficient (Wildman–Crippen LogP) is 2.97. The molecule has 0 bridgehead atoms. The molecule has 0 saturated carbocycles. The average Bonchev–Trinajstić information content (AvgIpc) is 2.52. The summed E-state index contributed by atoms with van der Waals surface area (Å²) in [6.07, 6.45) is 1.74. The molecule has 0 aliphatic heterocycles. The molecule has 13 heavy (non-hydrogen) atoms. The van der Waals surface area contributed by atoms with Crippen LogP contribution in [0.1, 0.15) is 0 Å². The summed E-state index contributed by atoms with van der Waals surface area (Å²) in [4.78, 5) is 4.20. The number of halogens is 2. The quantitative estimate of drug-likeness (QED) is 0.727. The lowest BCUT2D eigenvalue weighted by molar-refractivity contribution is 1.07. The molecule has 6 heteroatoms. The second kappa shape index (κ2) is 3.97. The van der Waals surface area contributed by atoms with Gasteiger partial charge in [0, 0.05) is 10.7 Å². The third-order valence-corrected chi connectivity index (χ3v) is 3.45. The number of hydrogen-bond donors (Lipinski definition) is 0. The van der Waals surface area contributed by atoms with Gasteiger partial charge in [-0.2, -0.15) is 0 Å². The van der Waals surface area contributed by atoms with Gasteiger partial charge in [-0.3, -0.25) is 4.98 Å². The lowest BCUT2D eigenvalue weighted by atomic mass is 10.4. The number of aromatic nitrogens is 3. The molecule has 2 rings (SSSR count). The highest BCUT2D eigenvalue weighted by Crippen LogP contribution is 2.24. The molecular formula is C7H3BrIN3S. The lowest BCUT2D eigenvalue weighted by Crippen LogP contribution is -1.81. The van der Waals surface area contributed by atoms with Crippen LogP contribution >= 0.6 is 49.9 Å². The summed E-state index contributed by atoms with van der Waals surface area (Å²) >= 11 is 7.05. The molecule has 0 aromatic carbocycles. The van der Waals surface area contributed by atoms with Gasteiger partial charge in [0.05, 0.1) is 0 Å². The van der Waals surface area contributed by atoms with Crippen LogP contribution in [0.25, 0.3) is 10.7 Å². The molecule has 0 N–H and O–H groups in total. The van der Waals surface area contributed by atoms with Gasteiger partial charge in [-0.25, -0.2) is 0 Å². The van der Waals surface area contributed by atoms with E-state index in [0.717, 1.165) is 18.2 Å². The zero-order valence-electron chi connectivity index (χ0n) is 6.24. The minimum absolute atomic E-state index is 0.853. The van der Waals surface area contributed by atoms with Crippen LogP contribution in [0.2, 0.25) is 0 Å². The highest BCUT2D eigenvalue weighted by atomic mass is 127. The largest absolute Gasteiger partial charge is 0.254 e. The molecule has 0 spiro atoms. The highest BCUT2D eigenvalue weighted by molar-refractivity contribution is 14.1. The Balaban J connectivity index is 2.46. The second-order valence-corrected chi connectivity index (χ2v) is 5.87.